The molecule has 2 amide bonds. The largest absolute Gasteiger partial charge is 0.480 e. The maximum absolute atomic E-state index is 12.4. The third-order valence-corrected chi connectivity index (χ3v) is 4.22. The maximum atomic E-state index is 12.4. The zero-order valence-corrected chi connectivity index (χ0v) is 11.3. The number of aliphatic carboxylic acids is 1. The van der Waals surface area contributed by atoms with E-state index >= 15 is 0 Å². The summed E-state index contributed by atoms with van der Waals surface area (Å²) < 4.78 is 0. The van der Waals surface area contributed by atoms with Crippen LogP contribution in [0.2, 0.25) is 0 Å². The molecule has 6 nitrogen and oxygen atoms in total. The van der Waals surface area contributed by atoms with Gasteiger partial charge in [-0.3, -0.25) is 0 Å². The number of β-amino-alcohol motifs (C(OH)–C–C–N with tert-alkyl or cyclic N) is 1. The fourth-order valence-electron chi connectivity index (χ4n) is 2.82. The van der Waals surface area contributed by atoms with Crippen molar-refractivity contribution in [2.24, 2.45) is 5.92 Å². The summed E-state index contributed by atoms with van der Waals surface area (Å²) >= 11 is 0. The van der Waals surface area contributed by atoms with Gasteiger partial charge in [-0.25, -0.2) is 9.59 Å². The fraction of sp³-hybridized carbons (Fsp3) is 0.846. The Morgan fingerprint density at radius 1 is 1.16 bits per heavy atom. The summed E-state index contributed by atoms with van der Waals surface area (Å²) in [5.41, 5.74) is 0. The van der Waals surface area contributed by atoms with Gasteiger partial charge in [0.2, 0.25) is 0 Å². The Bertz CT molecular complexity index is 361. The summed E-state index contributed by atoms with van der Waals surface area (Å²) in [4.78, 5) is 26.6. The fourth-order valence-corrected chi connectivity index (χ4v) is 2.82. The number of rotatable bonds is 1. The second kappa shape index (κ2) is 5.77. The van der Waals surface area contributed by atoms with Crippen molar-refractivity contribution in [1.82, 2.24) is 9.80 Å². The average Bonchev–Trinajstić information content (AvgIpc) is 2.41. The third kappa shape index (κ3) is 3.00. The molecule has 19 heavy (non-hydrogen) atoms. The highest BCUT2D eigenvalue weighted by Crippen LogP contribution is 2.22. The molecule has 2 N–H and O–H groups in total. The van der Waals surface area contributed by atoms with Crippen LogP contribution in [-0.2, 0) is 4.79 Å². The number of carbonyl (C=O) groups excluding carboxylic acids is 1. The molecule has 2 aliphatic heterocycles. The van der Waals surface area contributed by atoms with Crippen LogP contribution in [0.4, 0.5) is 4.79 Å². The van der Waals surface area contributed by atoms with Gasteiger partial charge in [0, 0.05) is 19.6 Å². The van der Waals surface area contributed by atoms with Gasteiger partial charge in [-0.2, -0.15) is 0 Å². The van der Waals surface area contributed by atoms with Gasteiger partial charge in [0.15, 0.2) is 0 Å². The zero-order chi connectivity index (χ0) is 14.0. The predicted octanol–water partition coefficient (Wildman–Crippen LogP) is 0.748. The second-order valence-corrected chi connectivity index (χ2v) is 5.61. The van der Waals surface area contributed by atoms with E-state index in [-0.39, 0.29) is 11.9 Å². The second-order valence-electron chi connectivity index (χ2n) is 5.61. The number of aliphatic hydroxyl groups is 1. The first-order chi connectivity index (χ1) is 9.00. The summed E-state index contributed by atoms with van der Waals surface area (Å²) in [6.45, 7) is 3.37. The highest BCUT2D eigenvalue weighted by molar-refractivity contribution is 5.83. The number of piperidine rings is 2. The molecule has 2 saturated heterocycles. The number of aliphatic hydroxyl groups excluding tert-OH is 1. The van der Waals surface area contributed by atoms with Crippen LogP contribution >= 0.6 is 0 Å². The Morgan fingerprint density at radius 2 is 1.89 bits per heavy atom. The molecular formula is C13H22N2O4. The molecule has 0 bridgehead atoms. The van der Waals surface area contributed by atoms with Gasteiger partial charge in [0.25, 0.3) is 0 Å². The quantitative estimate of drug-likeness (QED) is 0.736. The van der Waals surface area contributed by atoms with Crippen LogP contribution in [0.1, 0.15) is 32.6 Å². The highest BCUT2D eigenvalue weighted by atomic mass is 16.4. The Kier molecular flexibility index (Phi) is 4.29. The smallest absolute Gasteiger partial charge is 0.326 e. The van der Waals surface area contributed by atoms with Gasteiger partial charge in [-0.15, -0.1) is 0 Å². The lowest BCUT2D eigenvalue weighted by Gasteiger charge is -2.40. The number of hydrogen-bond donors (Lipinski definition) is 2. The van der Waals surface area contributed by atoms with Gasteiger partial charge >= 0.3 is 12.0 Å². The first-order valence-electron chi connectivity index (χ1n) is 6.97. The Hall–Kier alpha value is -1.30. The van der Waals surface area contributed by atoms with E-state index in [2.05, 4.69) is 0 Å². The normalized spacial score (nSPS) is 32.2. The molecule has 0 saturated carbocycles. The molecule has 2 aliphatic rings. The minimum atomic E-state index is -0.932. The topological polar surface area (TPSA) is 81.1 Å². The van der Waals surface area contributed by atoms with E-state index in [4.69, 9.17) is 0 Å². The van der Waals surface area contributed by atoms with Crippen molar-refractivity contribution in [2.75, 3.05) is 19.6 Å². The molecule has 0 aromatic carbocycles. The molecule has 0 aromatic rings. The number of likely N-dealkylation sites (tertiary alicyclic amines) is 2. The number of hydrogen-bond acceptors (Lipinski definition) is 3. The molecule has 0 spiro atoms. The van der Waals surface area contributed by atoms with Crippen LogP contribution in [0.5, 0.6) is 0 Å². The highest BCUT2D eigenvalue weighted by Gasteiger charge is 2.36. The van der Waals surface area contributed by atoms with E-state index in [0.717, 1.165) is 19.3 Å². The van der Waals surface area contributed by atoms with Crippen molar-refractivity contribution in [3.63, 3.8) is 0 Å². The minimum Gasteiger partial charge on any atom is -0.480 e. The van der Waals surface area contributed by atoms with E-state index in [1.165, 1.54) is 4.90 Å². The molecule has 0 radical (unpaired) electrons. The molecule has 2 heterocycles. The lowest BCUT2D eigenvalue weighted by molar-refractivity contribution is -0.143. The summed E-state index contributed by atoms with van der Waals surface area (Å²) in [5, 5.41) is 19.0. The summed E-state index contributed by atoms with van der Waals surface area (Å²) in [6.07, 6.45) is 2.47. The van der Waals surface area contributed by atoms with E-state index in [9.17, 15) is 19.8 Å². The van der Waals surface area contributed by atoms with Crippen molar-refractivity contribution in [2.45, 2.75) is 44.8 Å². The Morgan fingerprint density at radius 3 is 2.53 bits per heavy atom. The maximum Gasteiger partial charge on any atom is 0.326 e. The van der Waals surface area contributed by atoms with Crippen molar-refractivity contribution in [1.29, 1.82) is 0 Å². The molecule has 0 aliphatic carbocycles. The number of carboxylic acids is 1. The standard InChI is InChI=1S/C13H22N2O4/c1-9-5-7-14(8-11(9)16)13(19)15-6-3-2-4-10(15)12(17)18/h9-11,16H,2-8H2,1H3,(H,17,18). The summed E-state index contributed by atoms with van der Waals surface area (Å²) in [7, 11) is 0. The van der Waals surface area contributed by atoms with E-state index in [1.807, 2.05) is 6.92 Å². The lowest BCUT2D eigenvalue weighted by Crippen LogP contribution is -2.56. The third-order valence-electron chi connectivity index (χ3n) is 4.22. The lowest BCUT2D eigenvalue weighted by atomic mass is 9.96. The number of nitrogens with zero attached hydrogens (tertiary/aromatic N) is 2. The summed E-state index contributed by atoms with van der Waals surface area (Å²) in [6, 6.07) is -0.948. The first kappa shape index (κ1) is 14.1. The number of carboxylic acid groups (broad SMARTS) is 1. The SMILES string of the molecule is CC1CCN(C(=O)N2CCCCC2C(=O)O)CC1O. The van der Waals surface area contributed by atoms with Crippen LogP contribution in [0, 0.1) is 5.92 Å². The van der Waals surface area contributed by atoms with Crippen molar-refractivity contribution in [3.8, 4) is 0 Å². The van der Waals surface area contributed by atoms with Gasteiger partial charge in [0.05, 0.1) is 6.10 Å². The number of carbonyl (C=O) groups is 2. The molecule has 3 atom stereocenters. The summed E-state index contributed by atoms with van der Waals surface area (Å²) in [5.74, 6) is -0.736. The molecule has 3 unspecified atom stereocenters. The van der Waals surface area contributed by atoms with Crippen LogP contribution in [0.3, 0.4) is 0 Å². The van der Waals surface area contributed by atoms with Crippen LogP contribution in [0.15, 0.2) is 0 Å². The zero-order valence-electron chi connectivity index (χ0n) is 11.3. The monoisotopic (exact) mass is 270 g/mol. The van der Waals surface area contributed by atoms with E-state index in [0.29, 0.717) is 26.1 Å². The number of urea groups is 1. The van der Waals surface area contributed by atoms with Crippen LogP contribution < -0.4 is 0 Å². The molecule has 6 heteroatoms. The van der Waals surface area contributed by atoms with Crippen LogP contribution in [-0.4, -0.2) is 63.8 Å². The van der Waals surface area contributed by atoms with E-state index in [1.54, 1.807) is 4.90 Å². The van der Waals surface area contributed by atoms with Gasteiger partial charge < -0.3 is 20.0 Å². The van der Waals surface area contributed by atoms with Gasteiger partial charge in [0.1, 0.15) is 6.04 Å². The van der Waals surface area contributed by atoms with E-state index < -0.39 is 18.1 Å². The molecule has 0 aromatic heterocycles. The number of amides is 2. The first-order valence-corrected chi connectivity index (χ1v) is 6.97. The average molecular weight is 270 g/mol. The van der Waals surface area contributed by atoms with Crippen molar-refractivity contribution in [3.05, 3.63) is 0 Å². The van der Waals surface area contributed by atoms with Crippen molar-refractivity contribution < 1.29 is 19.8 Å². The molecule has 2 rings (SSSR count). The van der Waals surface area contributed by atoms with Gasteiger partial charge in [-0.05, 0) is 31.6 Å². The molecule has 2 fully saturated rings. The van der Waals surface area contributed by atoms with Crippen molar-refractivity contribution >= 4 is 12.0 Å². The van der Waals surface area contributed by atoms with Gasteiger partial charge in [-0.1, -0.05) is 6.92 Å². The molecule has 108 valence electrons. The van der Waals surface area contributed by atoms with Crippen LogP contribution in [0.25, 0.3) is 0 Å². The molecular weight excluding hydrogens is 248 g/mol. The Labute approximate surface area is 113 Å². The predicted molar refractivity (Wildman–Crippen MR) is 68.7 cm³/mol. The minimum absolute atomic E-state index is 0.195. The Balaban J connectivity index is 2.03.